The van der Waals surface area contributed by atoms with E-state index in [0.29, 0.717) is 29.6 Å². The van der Waals surface area contributed by atoms with Crippen LogP contribution < -0.4 is 14.8 Å². The van der Waals surface area contributed by atoms with Gasteiger partial charge in [-0.3, -0.25) is 9.59 Å². The summed E-state index contributed by atoms with van der Waals surface area (Å²) in [4.78, 5) is 30.8. The highest BCUT2D eigenvalue weighted by atomic mass is 32.1. The topological polar surface area (TPSA) is 80.8 Å². The lowest BCUT2D eigenvalue weighted by Crippen LogP contribution is -2.45. The number of rotatable bonds is 7. The lowest BCUT2D eigenvalue weighted by atomic mass is 10.2. The van der Waals surface area contributed by atoms with Crippen molar-refractivity contribution in [3.8, 4) is 17.2 Å². The molecule has 2 amide bonds. The fourth-order valence-corrected chi connectivity index (χ4v) is 3.80. The number of nitrogens with one attached hydrogen (secondary N) is 1. The number of benzene rings is 2. The van der Waals surface area contributed by atoms with Crippen LogP contribution >= 0.6 is 11.3 Å². The molecule has 1 atom stereocenters. The van der Waals surface area contributed by atoms with E-state index in [1.54, 1.807) is 40.7 Å². The molecule has 8 heteroatoms. The van der Waals surface area contributed by atoms with Crippen LogP contribution in [-0.2, 0) is 9.59 Å². The second-order valence-electron chi connectivity index (χ2n) is 6.75. The maximum Gasteiger partial charge on any atom is 0.261 e. The number of aromatic nitrogens is 1. The number of ether oxygens (including phenoxy) is 2. The first-order valence-corrected chi connectivity index (χ1v) is 10.5. The monoisotopic (exact) mass is 423 g/mol. The summed E-state index contributed by atoms with van der Waals surface area (Å²) in [5.74, 6) is 1.57. The fraction of sp³-hybridized carbons (Fsp3) is 0.227. The van der Waals surface area contributed by atoms with Gasteiger partial charge in [0.25, 0.3) is 5.91 Å². The Balaban J connectivity index is 1.29. The molecule has 1 aromatic heterocycles. The first-order chi connectivity index (χ1) is 14.7. The molecule has 0 radical (unpaired) electrons. The molecule has 4 rings (SSSR count). The van der Waals surface area contributed by atoms with Crippen molar-refractivity contribution in [2.75, 3.05) is 18.5 Å². The van der Waals surface area contributed by atoms with Crippen molar-refractivity contribution in [3.05, 3.63) is 66.2 Å². The van der Waals surface area contributed by atoms with Gasteiger partial charge in [0.1, 0.15) is 23.3 Å². The van der Waals surface area contributed by atoms with Gasteiger partial charge in [0, 0.05) is 18.1 Å². The molecule has 0 bridgehead atoms. The standard InChI is InChI=1S/C22H21N3O4S/c26-20(25-13-4-7-19(25)21(27)24-22-23-12-14-30-22)15-28-16-8-10-18(11-9-16)29-17-5-2-1-3-6-17/h1-3,5-6,8-12,14,19H,4,7,13,15H2,(H,23,24,27). The summed E-state index contributed by atoms with van der Waals surface area (Å²) in [6.07, 6.45) is 3.05. The number of carbonyl (C=O) groups is 2. The molecule has 0 aliphatic carbocycles. The largest absolute Gasteiger partial charge is 0.484 e. The Morgan fingerprint density at radius 3 is 2.53 bits per heavy atom. The molecule has 154 valence electrons. The second kappa shape index (κ2) is 9.41. The Morgan fingerprint density at radius 2 is 1.80 bits per heavy atom. The third-order valence-electron chi connectivity index (χ3n) is 4.70. The number of hydrogen-bond acceptors (Lipinski definition) is 6. The van der Waals surface area contributed by atoms with E-state index in [1.165, 1.54) is 11.3 Å². The Labute approximate surface area is 178 Å². The van der Waals surface area contributed by atoms with E-state index in [9.17, 15) is 9.59 Å². The number of hydrogen-bond donors (Lipinski definition) is 1. The van der Waals surface area contributed by atoms with Gasteiger partial charge in [-0.2, -0.15) is 0 Å². The van der Waals surface area contributed by atoms with Crippen LogP contribution in [0.4, 0.5) is 5.13 Å². The second-order valence-corrected chi connectivity index (χ2v) is 7.64. The minimum absolute atomic E-state index is 0.125. The summed E-state index contributed by atoms with van der Waals surface area (Å²) < 4.78 is 11.4. The Hall–Kier alpha value is -3.39. The van der Waals surface area contributed by atoms with Gasteiger partial charge in [0.2, 0.25) is 5.91 Å². The zero-order valence-corrected chi connectivity index (χ0v) is 17.0. The number of anilines is 1. The van der Waals surface area contributed by atoms with Gasteiger partial charge >= 0.3 is 0 Å². The third kappa shape index (κ3) is 4.96. The molecule has 1 aliphatic rings. The summed E-state index contributed by atoms with van der Waals surface area (Å²) in [5.41, 5.74) is 0. The molecule has 1 unspecified atom stereocenters. The molecule has 1 fully saturated rings. The van der Waals surface area contributed by atoms with Crippen molar-refractivity contribution < 1.29 is 19.1 Å². The quantitative estimate of drug-likeness (QED) is 0.623. The number of thiazole rings is 1. The first-order valence-electron chi connectivity index (χ1n) is 9.64. The van der Waals surface area contributed by atoms with Gasteiger partial charge in [0.15, 0.2) is 11.7 Å². The van der Waals surface area contributed by atoms with Crippen LogP contribution in [0.25, 0.3) is 0 Å². The maximum atomic E-state index is 12.6. The van der Waals surface area contributed by atoms with Gasteiger partial charge in [-0.1, -0.05) is 18.2 Å². The zero-order valence-electron chi connectivity index (χ0n) is 16.2. The Kier molecular flexibility index (Phi) is 6.24. The van der Waals surface area contributed by atoms with E-state index in [1.807, 2.05) is 30.3 Å². The highest BCUT2D eigenvalue weighted by Gasteiger charge is 2.34. The van der Waals surface area contributed by atoms with E-state index in [0.717, 1.165) is 12.2 Å². The van der Waals surface area contributed by atoms with Crippen LogP contribution in [-0.4, -0.2) is 40.9 Å². The summed E-state index contributed by atoms with van der Waals surface area (Å²) >= 11 is 1.35. The highest BCUT2D eigenvalue weighted by Crippen LogP contribution is 2.24. The van der Waals surface area contributed by atoms with Crippen LogP contribution in [0, 0.1) is 0 Å². The third-order valence-corrected chi connectivity index (χ3v) is 5.39. The lowest BCUT2D eigenvalue weighted by molar-refractivity contribution is -0.138. The molecule has 7 nitrogen and oxygen atoms in total. The number of nitrogens with zero attached hydrogens (tertiary/aromatic N) is 2. The van der Waals surface area contributed by atoms with Gasteiger partial charge < -0.3 is 19.7 Å². The van der Waals surface area contributed by atoms with E-state index in [4.69, 9.17) is 9.47 Å². The smallest absolute Gasteiger partial charge is 0.261 e. The molecule has 1 N–H and O–H groups in total. The van der Waals surface area contributed by atoms with E-state index in [-0.39, 0.29) is 18.4 Å². The molecular weight excluding hydrogens is 402 g/mol. The van der Waals surface area contributed by atoms with Crippen molar-refractivity contribution in [2.45, 2.75) is 18.9 Å². The Bertz CT molecular complexity index is 977. The van der Waals surface area contributed by atoms with E-state index >= 15 is 0 Å². The van der Waals surface area contributed by atoms with Crippen LogP contribution in [0.5, 0.6) is 17.2 Å². The van der Waals surface area contributed by atoms with Gasteiger partial charge in [0.05, 0.1) is 0 Å². The summed E-state index contributed by atoms with van der Waals surface area (Å²) in [5, 5.41) is 5.09. The average Bonchev–Trinajstić information content (AvgIpc) is 3.46. The zero-order chi connectivity index (χ0) is 20.8. The normalized spacial score (nSPS) is 15.6. The maximum absolute atomic E-state index is 12.6. The number of amides is 2. The minimum Gasteiger partial charge on any atom is -0.484 e. The molecule has 30 heavy (non-hydrogen) atoms. The van der Waals surface area contributed by atoms with Crippen molar-refractivity contribution >= 4 is 28.3 Å². The molecule has 2 heterocycles. The van der Waals surface area contributed by atoms with E-state index < -0.39 is 6.04 Å². The van der Waals surface area contributed by atoms with Gasteiger partial charge in [-0.25, -0.2) is 4.98 Å². The van der Waals surface area contributed by atoms with Crippen molar-refractivity contribution in [1.82, 2.24) is 9.88 Å². The molecule has 0 spiro atoms. The predicted molar refractivity (Wildman–Crippen MR) is 114 cm³/mol. The average molecular weight is 423 g/mol. The number of carbonyl (C=O) groups excluding carboxylic acids is 2. The number of para-hydroxylation sites is 1. The fourth-order valence-electron chi connectivity index (χ4n) is 3.27. The SMILES string of the molecule is O=C(Nc1nccs1)C1CCCN1C(=O)COc1ccc(Oc2ccccc2)cc1. The molecule has 1 aliphatic heterocycles. The Morgan fingerprint density at radius 1 is 1.07 bits per heavy atom. The molecule has 1 saturated heterocycles. The lowest BCUT2D eigenvalue weighted by Gasteiger charge is -2.23. The van der Waals surface area contributed by atoms with E-state index in [2.05, 4.69) is 10.3 Å². The summed E-state index contributed by atoms with van der Waals surface area (Å²) in [6.45, 7) is 0.419. The highest BCUT2D eigenvalue weighted by molar-refractivity contribution is 7.13. The molecule has 0 saturated carbocycles. The van der Waals surface area contributed by atoms with Gasteiger partial charge in [-0.15, -0.1) is 11.3 Å². The molecular formula is C22H21N3O4S. The molecule has 2 aromatic carbocycles. The number of likely N-dealkylation sites (tertiary alicyclic amines) is 1. The van der Waals surface area contributed by atoms with Gasteiger partial charge in [-0.05, 0) is 49.2 Å². The molecule has 3 aromatic rings. The van der Waals surface area contributed by atoms with Crippen LogP contribution in [0.1, 0.15) is 12.8 Å². The minimum atomic E-state index is -0.494. The predicted octanol–water partition coefficient (Wildman–Crippen LogP) is 3.94. The van der Waals surface area contributed by atoms with Crippen LogP contribution in [0.15, 0.2) is 66.2 Å². The van der Waals surface area contributed by atoms with Crippen molar-refractivity contribution in [3.63, 3.8) is 0 Å². The van der Waals surface area contributed by atoms with Crippen molar-refractivity contribution in [1.29, 1.82) is 0 Å². The first kappa shape index (κ1) is 19.9. The summed E-state index contributed by atoms with van der Waals surface area (Å²) in [6, 6.07) is 16.1. The van der Waals surface area contributed by atoms with Crippen LogP contribution in [0.2, 0.25) is 0 Å². The van der Waals surface area contributed by atoms with Crippen molar-refractivity contribution in [2.24, 2.45) is 0 Å². The van der Waals surface area contributed by atoms with Crippen LogP contribution in [0.3, 0.4) is 0 Å². The summed E-state index contributed by atoms with van der Waals surface area (Å²) in [7, 11) is 0.